The van der Waals surface area contributed by atoms with E-state index in [1.165, 1.54) is 13.2 Å². The Kier molecular flexibility index (Phi) is 4.84. The van der Waals surface area contributed by atoms with Gasteiger partial charge in [0.2, 0.25) is 0 Å². The zero-order chi connectivity index (χ0) is 17.0. The highest BCUT2D eigenvalue weighted by Crippen LogP contribution is 2.29. The van der Waals surface area contributed by atoms with Crippen molar-refractivity contribution in [2.75, 3.05) is 7.11 Å². The maximum Gasteiger partial charge on any atom is 0.343 e. The summed E-state index contributed by atoms with van der Waals surface area (Å²) in [6.07, 6.45) is 0.708. The summed E-state index contributed by atoms with van der Waals surface area (Å²) in [5.74, 6) is 0.153. The minimum atomic E-state index is -0.470. The molecule has 120 valence electrons. The van der Waals surface area contributed by atoms with Crippen LogP contribution < -0.4 is 9.47 Å². The number of esters is 1. The number of aldehydes is 1. The molecule has 23 heavy (non-hydrogen) atoms. The topological polar surface area (TPSA) is 52.6 Å². The smallest absolute Gasteiger partial charge is 0.343 e. The molecule has 0 bridgehead atoms. The first-order chi connectivity index (χ1) is 10.8. The number of ether oxygens (including phenoxy) is 2. The van der Waals surface area contributed by atoms with Crippen LogP contribution in [0.4, 0.5) is 0 Å². The van der Waals surface area contributed by atoms with Crippen molar-refractivity contribution in [2.45, 2.75) is 26.2 Å². The molecule has 0 atom stereocenters. The van der Waals surface area contributed by atoms with E-state index in [0.717, 1.165) is 5.56 Å². The van der Waals surface area contributed by atoms with Crippen LogP contribution in [0.25, 0.3) is 0 Å². The summed E-state index contributed by atoms with van der Waals surface area (Å²) in [6, 6.07) is 12.0. The van der Waals surface area contributed by atoms with Crippen LogP contribution in [0.15, 0.2) is 42.5 Å². The highest BCUT2D eigenvalue weighted by Gasteiger charge is 2.16. The second-order valence-electron chi connectivity index (χ2n) is 6.25. The molecule has 2 aromatic rings. The Morgan fingerprint density at radius 2 is 1.65 bits per heavy atom. The fourth-order valence-electron chi connectivity index (χ4n) is 2.11. The van der Waals surface area contributed by atoms with E-state index in [2.05, 4.69) is 20.8 Å². The molecule has 0 aliphatic rings. The molecule has 4 nitrogen and oxygen atoms in total. The molecule has 0 aromatic heterocycles. The van der Waals surface area contributed by atoms with Gasteiger partial charge < -0.3 is 9.47 Å². The lowest BCUT2D eigenvalue weighted by atomic mass is 9.87. The molecular formula is C19H20O4. The Morgan fingerprint density at radius 1 is 1.00 bits per heavy atom. The molecule has 0 unspecified atom stereocenters. The van der Waals surface area contributed by atoms with Gasteiger partial charge in [-0.15, -0.1) is 0 Å². The van der Waals surface area contributed by atoms with Gasteiger partial charge in [0.1, 0.15) is 6.29 Å². The number of carbonyl (C=O) groups excluding carboxylic acids is 2. The van der Waals surface area contributed by atoms with E-state index in [-0.39, 0.29) is 11.2 Å². The van der Waals surface area contributed by atoms with Crippen LogP contribution in [0.3, 0.4) is 0 Å². The fourth-order valence-corrected chi connectivity index (χ4v) is 2.11. The standard InChI is InChI=1S/C19H20O4/c1-19(2,3)15-8-6-14(7-9-15)18(21)23-16-10-5-13(12-20)11-17(16)22-4/h5-12H,1-4H3. The summed E-state index contributed by atoms with van der Waals surface area (Å²) < 4.78 is 10.5. The molecule has 0 heterocycles. The van der Waals surface area contributed by atoms with Crippen molar-refractivity contribution in [3.05, 3.63) is 59.2 Å². The monoisotopic (exact) mass is 312 g/mol. The molecule has 0 aliphatic heterocycles. The molecule has 0 aliphatic carbocycles. The van der Waals surface area contributed by atoms with Crippen molar-refractivity contribution in [1.29, 1.82) is 0 Å². The predicted octanol–water partition coefficient (Wildman–Crippen LogP) is 4.02. The van der Waals surface area contributed by atoms with E-state index in [9.17, 15) is 9.59 Å². The zero-order valence-corrected chi connectivity index (χ0v) is 13.8. The molecule has 0 N–H and O–H groups in total. The quantitative estimate of drug-likeness (QED) is 0.486. The first-order valence-corrected chi connectivity index (χ1v) is 7.31. The van der Waals surface area contributed by atoms with E-state index < -0.39 is 5.97 Å². The minimum Gasteiger partial charge on any atom is -0.493 e. The van der Waals surface area contributed by atoms with E-state index in [1.54, 1.807) is 24.3 Å². The summed E-state index contributed by atoms with van der Waals surface area (Å²) in [5, 5.41) is 0. The summed E-state index contributed by atoms with van der Waals surface area (Å²) in [7, 11) is 1.46. The number of carbonyl (C=O) groups is 2. The third kappa shape index (κ3) is 3.97. The SMILES string of the molecule is COc1cc(C=O)ccc1OC(=O)c1ccc(C(C)(C)C)cc1. The minimum absolute atomic E-state index is 0.0241. The van der Waals surface area contributed by atoms with E-state index >= 15 is 0 Å². The Labute approximate surface area is 136 Å². The highest BCUT2D eigenvalue weighted by molar-refractivity contribution is 5.91. The molecule has 2 rings (SSSR count). The van der Waals surface area contributed by atoms with Gasteiger partial charge in [0.05, 0.1) is 12.7 Å². The molecule has 0 saturated heterocycles. The number of methoxy groups -OCH3 is 1. The number of rotatable bonds is 4. The van der Waals surface area contributed by atoms with E-state index in [1.807, 2.05) is 12.1 Å². The van der Waals surface area contributed by atoms with Gasteiger partial charge >= 0.3 is 5.97 Å². The van der Waals surface area contributed by atoms with Crippen LogP contribution in [0.5, 0.6) is 11.5 Å². The van der Waals surface area contributed by atoms with Crippen molar-refractivity contribution in [1.82, 2.24) is 0 Å². The van der Waals surface area contributed by atoms with Crippen molar-refractivity contribution >= 4 is 12.3 Å². The number of hydrogen-bond donors (Lipinski definition) is 0. The van der Waals surface area contributed by atoms with Crippen LogP contribution in [0, 0.1) is 0 Å². The number of benzene rings is 2. The zero-order valence-electron chi connectivity index (χ0n) is 13.8. The second-order valence-corrected chi connectivity index (χ2v) is 6.25. The van der Waals surface area contributed by atoms with Gasteiger partial charge in [0.25, 0.3) is 0 Å². The highest BCUT2D eigenvalue weighted by atomic mass is 16.6. The lowest BCUT2D eigenvalue weighted by Crippen LogP contribution is -2.13. The maximum absolute atomic E-state index is 12.3. The van der Waals surface area contributed by atoms with E-state index in [4.69, 9.17) is 9.47 Å². The lowest BCUT2D eigenvalue weighted by molar-refractivity contribution is 0.0729. The molecule has 0 fully saturated rings. The molecule has 4 heteroatoms. The Balaban J connectivity index is 2.20. The van der Waals surface area contributed by atoms with Gasteiger partial charge in [-0.05, 0) is 41.3 Å². The first kappa shape index (κ1) is 16.7. The molecule has 0 saturated carbocycles. The van der Waals surface area contributed by atoms with Gasteiger partial charge in [-0.25, -0.2) is 4.79 Å². The summed E-state index contributed by atoms with van der Waals surface area (Å²) in [4.78, 5) is 23.0. The summed E-state index contributed by atoms with van der Waals surface area (Å²) in [6.45, 7) is 6.33. The first-order valence-electron chi connectivity index (χ1n) is 7.31. The van der Waals surface area contributed by atoms with Crippen LogP contribution >= 0.6 is 0 Å². The molecular weight excluding hydrogens is 292 g/mol. The summed E-state index contributed by atoms with van der Waals surface area (Å²) >= 11 is 0. The Morgan fingerprint density at radius 3 is 2.17 bits per heavy atom. The van der Waals surface area contributed by atoms with Crippen LogP contribution in [0.1, 0.15) is 47.1 Å². The third-order valence-corrected chi connectivity index (χ3v) is 3.51. The van der Waals surface area contributed by atoms with E-state index in [0.29, 0.717) is 23.2 Å². The van der Waals surface area contributed by atoms with Crippen LogP contribution in [-0.2, 0) is 5.41 Å². The summed E-state index contributed by atoms with van der Waals surface area (Å²) in [5.41, 5.74) is 2.08. The van der Waals surface area contributed by atoms with Crippen LogP contribution in [0.2, 0.25) is 0 Å². The molecule has 0 radical (unpaired) electrons. The molecule has 0 spiro atoms. The lowest BCUT2D eigenvalue weighted by Gasteiger charge is -2.19. The fraction of sp³-hybridized carbons (Fsp3) is 0.263. The van der Waals surface area contributed by atoms with Gasteiger partial charge in [-0.1, -0.05) is 32.9 Å². The third-order valence-electron chi connectivity index (χ3n) is 3.51. The molecule has 0 amide bonds. The van der Waals surface area contributed by atoms with Gasteiger partial charge in [-0.3, -0.25) is 4.79 Å². The number of hydrogen-bond acceptors (Lipinski definition) is 4. The van der Waals surface area contributed by atoms with Gasteiger partial charge in [-0.2, -0.15) is 0 Å². The normalized spacial score (nSPS) is 11.0. The molecule has 2 aromatic carbocycles. The van der Waals surface area contributed by atoms with Gasteiger partial charge in [0, 0.05) is 5.56 Å². The Bertz CT molecular complexity index is 709. The average Bonchev–Trinajstić information content (AvgIpc) is 2.54. The van der Waals surface area contributed by atoms with Crippen molar-refractivity contribution in [2.24, 2.45) is 0 Å². The largest absolute Gasteiger partial charge is 0.493 e. The van der Waals surface area contributed by atoms with Crippen molar-refractivity contribution in [3.8, 4) is 11.5 Å². The maximum atomic E-state index is 12.3. The second kappa shape index (κ2) is 6.65. The van der Waals surface area contributed by atoms with Crippen molar-refractivity contribution in [3.63, 3.8) is 0 Å². The Hall–Kier alpha value is -2.62. The van der Waals surface area contributed by atoms with Crippen LogP contribution in [-0.4, -0.2) is 19.4 Å². The van der Waals surface area contributed by atoms with Gasteiger partial charge in [0.15, 0.2) is 11.5 Å². The predicted molar refractivity (Wildman–Crippen MR) is 88.5 cm³/mol. The van der Waals surface area contributed by atoms with Crippen molar-refractivity contribution < 1.29 is 19.1 Å². The average molecular weight is 312 g/mol.